The smallest absolute Gasteiger partial charge is 0.231 e. The second kappa shape index (κ2) is 8.86. The molecule has 0 unspecified atom stereocenters. The van der Waals surface area contributed by atoms with E-state index in [0.29, 0.717) is 12.8 Å². The highest BCUT2D eigenvalue weighted by molar-refractivity contribution is 5.83. The summed E-state index contributed by atoms with van der Waals surface area (Å²) in [6.07, 6.45) is 6.77. The highest BCUT2D eigenvalue weighted by atomic mass is 16.7. The SMILES string of the molecule is CCCC1=C(c2ccc3c(c2)OCO3)C=C(C)N(c2ccc(OC)cc2)[C@@H]1CCC. The summed E-state index contributed by atoms with van der Waals surface area (Å²) in [5.74, 6) is 2.55. The number of nitrogens with zero attached hydrogens (tertiary/aromatic N) is 1. The lowest BCUT2D eigenvalue weighted by Crippen LogP contribution is -2.38. The number of benzene rings is 2. The van der Waals surface area contributed by atoms with E-state index in [1.165, 1.54) is 28.1 Å². The highest BCUT2D eigenvalue weighted by Gasteiger charge is 2.30. The highest BCUT2D eigenvalue weighted by Crippen LogP contribution is 2.42. The van der Waals surface area contributed by atoms with Gasteiger partial charge in [0.05, 0.1) is 13.2 Å². The minimum Gasteiger partial charge on any atom is -0.497 e. The maximum absolute atomic E-state index is 5.65. The Bertz CT molecular complexity index is 959. The molecule has 1 atom stereocenters. The first kappa shape index (κ1) is 20.4. The van der Waals surface area contributed by atoms with Gasteiger partial charge in [0.1, 0.15) is 5.75 Å². The topological polar surface area (TPSA) is 30.9 Å². The van der Waals surface area contributed by atoms with Crippen LogP contribution in [0.15, 0.2) is 59.8 Å². The van der Waals surface area contributed by atoms with Crippen molar-refractivity contribution in [3.63, 3.8) is 0 Å². The third-order valence-corrected chi connectivity index (χ3v) is 5.91. The molecular formula is C26H31NO3. The van der Waals surface area contributed by atoms with Crippen LogP contribution in [0.3, 0.4) is 0 Å². The Morgan fingerprint density at radius 1 is 1.00 bits per heavy atom. The first-order chi connectivity index (χ1) is 14.7. The largest absolute Gasteiger partial charge is 0.497 e. The number of anilines is 1. The molecule has 2 aromatic rings. The van der Waals surface area contributed by atoms with Gasteiger partial charge in [-0.05, 0) is 78.9 Å². The fourth-order valence-corrected chi connectivity index (χ4v) is 4.56. The van der Waals surface area contributed by atoms with Gasteiger partial charge in [0.15, 0.2) is 11.5 Å². The number of ether oxygens (including phenoxy) is 3. The fourth-order valence-electron chi connectivity index (χ4n) is 4.56. The van der Waals surface area contributed by atoms with Gasteiger partial charge in [-0.15, -0.1) is 0 Å². The van der Waals surface area contributed by atoms with Crippen molar-refractivity contribution in [2.24, 2.45) is 0 Å². The Hall–Kier alpha value is -2.88. The lowest BCUT2D eigenvalue weighted by molar-refractivity contribution is 0.174. The van der Waals surface area contributed by atoms with Gasteiger partial charge in [-0.1, -0.05) is 32.8 Å². The fraction of sp³-hybridized carbons (Fsp3) is 0.385. The Balaban J connectivity index is 1.79. The van der Waals surface area contributed by atoms with Gasteiger partial charge in [-0.2, -0.15) is 0 Å². The summed E-state index contributed by atoms with van der Waals surface area (Å²) in [4.78, 5) is 2.49. The predicted octanol–water partition coefficient (Wildman–Crippen LogP) is 6.57. The van der Waals surface area contributed by atoms with E-state index in [9.17, 15) is 0 Å². The lowest BCUT2D eigenvalue weighted by Gasteiger charge is -2.40. The lowest BCUT2D eigenvalue weighted by atomic mass is 9.85. The summed E-state index contributed by atoms with van der Waals surface area (Å²) in [5, 5.41) is 0. The van der Waals surface area contributed by atoms with E-state index in [-0.39, 0.29) is 0 Å². The number of hydrogen-bond donors (Lipinski definition) is 0. The Kier molecular flexibility index (Phi) is 6.03. The van der Waals surface area contributed by atoms with Crippen LogP contribution < -0.4 is 19.1 Å². The average molecular weight is 406 g/mol. The predicted molar refractivity (Wildman–Crippen MR) is 122 cm³/mol. The van der Waals surface area contributed by atoms with E-state index in [4.69, 9.17) is 14.2 Å². The molecule has 0 fully saturated rings. The van der Waals surface area contributed by atoms with Crippen LogP contribution in [0.5, 0.6) is 17.2 Å². The molecule has 0 N–H and O–H groups in total. The molecule has 0 saturated heterocycles. The average Bonchev–Trinajstić information content (AvgIpc) is 3.24. The molecule has 0 amide bonds. The second-order valence-electron chi connectivity index (χ2n) is 7.92. The van der Waals surface area contributed by atoms with Crippen molar-refractivity contribution in [3.05, 3.63) is 65.4 Å². The summed E-state index contributed by atoms with van der Waals surface area (Å²) in [6.45, 7) is 7.04. The maximum Gasteiger partial charge on any atom is 0.231 e. The molecule has 4 nitrogen and oxygen atoms in total. The van der Waals surface area contributed by atoms with E-state index in [1.54, 1.807) is 7.11 Å². The van der Waals surface area contributed by atoms with Crippen molar-refractivity contribution in [3.8, 4) is 17.2 Å². The molecule has 0 aliphatic carbocycles. The summed E-state index contributed by atoms with van der Waals surface area (Å²) in [6, 6.07) is 15.1. The minimum atomic E-state index is 0.304. The zero-order valence-electron chi connectivity index (χ0n) is 18.4. The van der Waals surface area contributed by atoms with Crippen LogP contribution in [0, 0.1) is 0 Å². The zero-order chi connectivity index (χ0) is 21.1. The van der Waals surface area contributed by atoms with Crippen LogP contribution in [-0.2, 0) is 0 Å². The molecular weight excluding hydrogens is 374 g/mol. The van der Waals surface area contributed by atoms with Crippen molar-refractivity contribution < 1.29 is 14.2 Å². The van der Waals surface area contributed by atoms with Crippen molar-refractivity contribution in [2.45, 2.75) is 52.5 Å². The zero-order valence-corrected chi connectivity index (χ0v) is 18.4. The Labute approximate surface area is 179 Å². The molecule has 0 spiro atoms. The molecule has 0 radical (unpaired) electrons. The van der Waals surface area contributed by atoms with Gasteiger partial charge < -0.3 is 19.1 Å². The first-order valence-electron chi connectivity index (χ1n) is 10.9. The normalized spacial score (nSPS) is 17.9. The molecule has 30 heavy (non-hydrogen) atoms. The summed E-state index contributed by atoms with van der Waals surface area (Å²) in [7, 11) is 1.71. The van der Waals surface area contributed by atoms with Gasteiger partial charge in [0, 0.05) is 11.4 Å². The quantitative estimate of drug-likeness (QED) is 0.521. The van der Waals surface area contributed by atoms with Crippen LogP contribution >= 0.6 is 0 Å². The number of rotatable bonds is 7. The van der Waals surface area contributed by atoms with E-state index in [2.05, 4.69) is 56.0 Å². The Morgan fingerprint density at radius 2 is 1.77 bits per heavy atom. The molecule has 0 bridgehead atoms. The van der Waals surface area contributed by atoms with Crippen LogP contribution in [0.1, 0.15) is 52.0 Å². The molecule has 2 heterocycles. The maximum atomic E-state index is 5.65. The van der Waals surface area contributed by atoms with Crippen LogP contribution in [0.4, 0.5) is 5.69 Å². The Morgan fingerprint density at radius 3 is 2.47 bits per heavy atom. The van der Waals surface area contributed by atoms with Crippen molar-refractivity contribution in [1.82, 2.24) is 0 Å². The van der Waals surface area contributed by atoms with E-state index in [0.717, 1.165) is 42.9 Å². The molecule has 2 aromatic carbocycles. The van der Waals surface area contributed by atoms with Gasteiger partial charge in [-0.25, -0.2) is 0 Å². The molecule has 158 valence electrons. The van der Waals surface area contributed by atoms with Crippen LogP contribution in [-0.4, -0.2) is 19.9 Å². The number of allylic oxidation sites excluding steroid dienone is 3. The molecule has 4 rings (SSSR count). The van der Waals surface area contributed by atoms with Crippen molar-refractivity contribution >= 4 is 11.3 Å². The second-order valence-corrected chi connectivity index (χ2v) is 7.92. The van der Waals surface area contributed by atoms with Gasteiger partial charge in [-0.3, -0.25) is 0 Å². The van der Waals surface area contributed by atoms with Gasteiger partial charge in [0.25, 0.3) is 0 Å². The van der Waals surface area contributed by atoms with E-state index in [1.807, 2.05) is 18.2 Å². The van der Waals surface area contributed by atoms with Crippen molar-refractivity contribution in [1.29, 1.82) is 0 Å². The van der Waals surface area contributed by atoms with Crippen LogP contribution in [0.2, 0.25) is 0 Å². The minimum absolute atomic E-state index is 0.304. The monoisotopic (exact) mass is 405 g/mol. The standard InChI is InChI=1S/C26H31NO3/c1-5-7-22-23(19-9-14-25-26(16-19)30-17-29-25)15-18(3)27(24(22)8-6-2)20-10-12-21(28-4)13-11-20/h9-16,24H,5-8,17H2,1-4H3/t24-/m1/s1. The van der Waals surface area contributed by atoms with Gasteiger partial charge in [0.2, 0.25) is 6.79 Å². The van der Waals surface area contributed by atoms with Crippen LogP contribution in [0.25, 0.3) is 5.57 Å². The molecule has 2 aliphatic rings. The molecule has 2 aliphatic heterocycles. The first-order valence-corrected chi connectivity index (χ1v) is 10.9. The summed E-state index contributed by atoms with van der Waals surface area (Å²) < 4.78 is 16.5. The third kappa shape index (κ3) is 3.79. The number of methoxy groups -OCH3 is 1. The van der Waals surface area contributed by atoms with Crippen molar-refractivity contribution in [2.75, 3.05) is 18.8 Å². The summed E-state index contributed by atoms with van der Waals surface area (Å²) >= 11 is 0. The van der Waals surface area contributed by atoms with E-state index >= 15 is 0 Å². The number of hydrogen-bond acceptors (Lipinski definition) is 4. The molecule has 0 saturated carbocycles. The van der Waals surface area contributed by atoms with Gasteiger partial charge >= 0.3 is 0 Å². The third-order valence-electron chi connectivity index (χ3n) is 5.91. The molecule has 4 heteroatoms. The number of fused-ring (bicyclic) bond motifs is 1. The van der Waals surface area contributed by atoms with E-state index < -0.39 is 0 Å². The molecule has 0 aromatic heterocycles. The summed E-state index contributed by atoms with van der Waals surface area (Å²) in [5.41, 5.74) is 6.50.